The highest BCUT2D eigenvalue weighted by Gasteiger charge is 2.14. The zero-order valence-corrected chi connectivity index (χ0v) is 9.20. The molecule has 0 aromatic heterocycles. The fraction of sp³-hybridized carbons (Fsp3) is 0.800. The molecule has 1 rings (SSSR count). The second-order valence-corrected chi connectivity index (χ2v) is 4.07. The number of rotatable bonds is 3. The molecule has 0 bridgehead atoms. The molecule has 0 aromatic carbocycles. The van der Waals surface area contributed by atoms with Gasteiger partial charge in [-0.05, 0) is 19.8 Å². The molecule has 1 aliphatic rings. The predicted molar refractivity (Wildman–Crippen MR) is 60.3 cm³/mol. The van der Waals surface area contributed by atoms with E-state index < -0.39 is 11.9 Å². The van der Waals surface area contributed by atoms with Gasteiger partial charge in [-0.15, -0.1) is 0 Å². The average Bonchev–Trinajstić information content (AvgIpc) is 2.18. The molecule has 1 amide bonds. The Morgan fingerprint density at radius 2 is 1.93 bits per heavy atom. The Labute approximate surface area is 90.3 Å². The van der Waals surface area contributed by atoms with Gasteiger partial charge in [0.1, 0.15) is 6.04 Å². The number of hydrogen-bond donors (Lipinski definition) is 3. The van der Waals surface area contributed by atoms with Crippen molar-refractivity contribution in [2.24, 2.45) is 16.5 Å². The summed E-state index contributed by atoms with van der Waals surface area (Å²) in [5.74, 6) is -0.0926. The van der Waals surface area contributed by atoms with Crippen LogP contribution < -0.4 is 16.8 Å². The van der Waals surface area contributed by atoms with Crippen LogP contribution in [0.1, 0.15) is 39.0 Å². The molecule has 1 unspecified atom stereocenters. The normalized spacial score (nSPS) is 21.0. The molecule has 1 aliphatic carbocycles. The molecule has 5 heteroatoms. The first kappa shape index (κ1) is 11.8. The zero-order chi connectivity index (χ0) is 11.3. The average molecular weight is 212 g/mol. The maximum Gasteiger partial charge on any atom is 0.239 e. The van der Waals surface area contributed by atoms with Crippen LogP contribution in [0.2, 0.25) is 0 Å². The van der Waals surface area contributed by atoms with Crippen molar-refractivity contribution in [3.63, 3.8) is 0 Å². The lowest BCUT2D eigenvalue weighted by molar-refractivity contribution is -0.119. The first-order chi connectivity index (χ1) is 7.09. The Kier molecular flexibility index (Phi) is 4.39. The van der Waals surface area contributed by atoms with Gasteiger partial charge in [0.2, 0.25) is 5.91 Å². The third kappa shape index (κ3) is 4.18. The Morgan fingerprint density at radius 3 is 2.47 bits per heavy atom. The number of aliphatic imine (C=N–C) groups is 1. The highest BCUT2D eigenvalue weighted by molar-refractivity contribution is 5.87. The molecule has 1 fully saturated rings. The van der Waals surface area contributed by atoms with Crippen LogP contribution in [0.15, 0.2) is 4.99 Å². The van der Waals surface area contributed by atoms with Crippen molar-refractivity contribution in [1.29, 1.82) is 0 Å². The van der Waals surface area contributed by atoms with Gasteiger partial charge in [-0.1, -0.05) is 19.3 Å². The number of nitrogens with two attached hydrogens (primary N) is 2. The summed E-state index contributed by atoms with van der Waals surface area (Å²) in [6.07, 6.45) is 5.90. The van der Waals surface area contributed by atoms with Crippen molar-refractivity contribution >= 4 is 11.9 Å². The van der Waals surface area contributed by atoms with E-state index in [0.29, 0.717) is 12.0 Å². The SMILES string of the molecule is CC(NC(N)=NC1CCCCC1)C(N)=O. The van der Waals surface area contributed by atoms with Crippen LogP contribution in [-0.4, -0.2) is 24.0 Å². The molecule has 1 saturated carbocycles. The van der Waals surface area contributed by atoms with E-state index in [4.69, 9.17) is 11.5 Å². The fourth-order valence-electron chi connectivity index (χ4n) is 1.74. The van der Waals surface area contributed by atoms with E-state index in [0.717, 1.165) is 12.8 Å². The quantitative estimate of drug-likeness (QED) is 0.457. The van der Waals surface area contributed by atoms with Crippen molar-refractivity contribution in [3.8, 4) is 0 Å². The van der Waals surface area contributed by atoms with Gasteiger partial charge in [0.05, 0.1) is 6.04 Å². The fourth-order valence-corrected chi connectivity index (χ4v) is 1.74. The summed E-state index contributed by atoms with van der Waals surface area (Å²) in [5, 5.41) is 2.78. The molecule has 1 atom stereocenters. The largest absolute Gasteiger partial charge is 0.370 e. The van der Waals surface area contributed by atoms with E-state index in [1.807, 2.05) is 0 Å². The molecule has 5 N–H and O–H groups in total. The summed E-state index contributed by atoms with van der Waals surface area (Å²) >= 11 is 0. The number of nitrogens with zero attached hydrogens (tertiary/aromatic N) is 1. The summed E-state index contributed by atoms with van der Waals surface area (Å²) in [6, 6.07) is -0.149. The third-order valence-corrected chi connectivity index (χ3v) is 2.69. The molecule has 0 saturated heterocycles. The van der Waals surface area contributed by atoms with Crippen molar-refractivity contribution in [1.82, 2.24) is 5.32 Å². The number of carbonyl (C=O) groups excluding carboxylic acids is 1. The summed E-state index contributed by atoms with van der Waals surface area (Å²) in [6.45, 7) is 1.67. The smallest absolute Gasteiger partial charge is 0.239 e. The van der Waals surface area contributed by atoms with E-state index in [9.17, 15) is 4.79 Å². The number of amides is 1. The van der Waals surface area contributed by atoms with Gasteiger partial charge in [-0.3, -0.25) is 9.79 Å². The number of nitrogens with one attached hydrogen (secondary N) is 1. The third-order valence-electron chi connectivity index (χ3n) is 2.69. The van der Waals surface area contributed by atoms with Gasteiger partial charge < -0.3 is 16.8 Å². The van der Waals surface area contributed by atoms with E-state index in [2.05, 4.69) is 10.3 Å². The molecule has 15 heavy (non-hydrogen) atoms. The Morgan fingerprint density at radius 1 is 1.33 bits per heavy atom. The summed E-state index contributed by atoms with van der Waals surface area (Å²) < 4.78 is 0. The lowest BCUT2D eigenvalue weighted by Crippen LogP contribution is -2.46. The van der Waals surface area contributed by atoms with Crippen LogP contribution in [0.4, 0.5) is 0 Å². The van der Waals surface area contributed by atoms with E-state index in [1.165, 1.54) is 19.3 Å². The Bertz CT molecular complexity index is 246. The second-order valence-electron chi connectivity index (χ2n) is 4.07. The number of carbonyl (C=O) groups is 1. The minimum atomic E-state index is -0.461. The molecule has 0 aliphatic heterocycles. The molecule has 86 valence electrons. The molecule has 5 nitrogen and oxygen atoms in total. The number of guanidine groups is 1. The van der Waals surface area contributed by atoms with Crippen molar-refractivity contribution in [2.45, 2.75) is 51.1 Å². The topological polar surface area (TPSA) is 93.5 Å². The minimum absolute atomic E-state index is 0.311. The Hall–Kier alpha value is -1.26. The summed E-state index contributed by atoms with van der Waals surface area (Å²) in [7, 11) is 0. The van der Waals surface area contributed by atoms with Gasteiger partial charge in [0.15, 0.2) is 5.96 Å². The maximum absolute atomic E-state index is 10.8. The monoisotopic (exact) mass is 212 g/mol. The second kappa shape index (κ2) is 5.58. The first-order valence-electron chi connectivity index (χ1n) is 5.48. The molecule has 0 radical (unpaired) electrons. The van der Waals surface area contributed by atoms with Crippen LogP contribution in [0, 0.1) is 0 Å². The molecular weight excluding hydrogens is 192 g/mol. The highest BCUT2D eigenvalue weighted by atomic mass is 16.1. The van der Waals surface area contributed by atoms with Crippen molar-refractivity contribution in [3.05, 3.63) is 0 Å². The highest BCUT2D eigenvalue weighted by Crippen LogP contribution is 2.19. The molecule has 0 aromatic rings. The Balaban J connectivity index is 2.40. The van der Waals surface area contributed by atoms with Crippen LogP contribution in [0.3, 0.4) is 0 Å². The van der Waals surface area contributed by atoms with Crippen LogP contribution in [0.5, 0.6) is 0 Å². The van der Waals surface area contributed by atoms with E-state index in [-0.39, 0.29) is 0 Å². The molecule has 0 heterocycles. The van der Waals surface area contributed by atoms with Gasteiger partial charge in [-0.2, -0.15) is 0 Å². The number of hydrogen-bond acceptors (Lipinski definition) is 2. The predicted octanol–water partition coefficient (Wildman–Crippen LogP) is 0.0972. The lowest BCUT2D eigenvalue weighted by Gasteiger charge is -2.19. The van der Waals surface area contributed by atoms with Crippen LogP contribution in [0.25, 0.3) is 0 Å². The van der Waals surface area contributed by atoms with Gasteiger partial charge in [-0.25, -0.2) is 0 Å². The number of primary amides is 1. The molecule has 0 spiro atoms. The van der Waals surface area contributed by atoms with Gasteiger partial charge in [0, 0.05) is 0 Å². The minimum Gasteiger partial charge on any atom is -0.370 e. The standard InChI is InChI=1S/C10H20N4O/c1-7(9(11)15)13-10(12)14-8-5-3-2-4-6-8/h7-8H,2-6H2,1H3,(H2,11,15)(H3,12,13,14). The van der Waals surface area contributed by atoms with Crippen molar-refractivity contribution in [2.75, 3.05) is 0 Å². The first-order valence-corrected chi connectivity index (χ1v) is 5.48. The lowest BCUT2D eigenvalue weighted by atomic mass is 9.96. The van der Waals surface area contributed by atoms with E-state index >= 15 is 0 Å². The molecular formula is C10H20N4O. The summed E-state index contributed by atoms with van der Waals surface area (Å²) in [4.78, 5) is 15.1. The maximum atomic E-state index is 10.8. The van der Waals surface area contributed by atoms with Crippen LogP contribution >= 0.6 is 0 Å². The van der Waals surface area contributed by atoms with Crippen LogP contribution in [-0.2, 0) is 4.79 Å². The van der Waals surface area contributed by atoms with Gasteiger partial charge in [0.25, 0.3) is 0 Å². The van der Waals surface area contributed by atoms with E-state index in [1.54, 1.807) is 6.92 Å². The van der Waals surface area contributed by atoms with Gasteiger partial charge >= 0.3 is 0 Å². The van der Waals surface area contributed by atoms with Crippen molar-refractivity contribution < 1.29 is 4.79 Å². The summed E-state index contributed by atoms with van der Waals surface area (Å²) in [5.41, 5.74) is 10.8. The zero-order valence-electron chi connectivity index (χ0n) is 9.20.